The van der Waals surface area contributed by atoms with E-state index < -0.39 is 0 Å². The van der Waals surface area contributed by atoms with Crippen molar-refractivity contribution in [1.82, 2.24) is 14.7 Å². The average molecular weight is 361 g/mol. The molecule has 0 bridgehead atoms. The van der Waals surface area contributed by atoms with Gasteiger partial charge in [0.25, 0.3) is 0 Å². The highest BCUT2D eigenvalue weighted by molar-refractivity contribution is 8.02. The van der Waals surface area contributed by atoms with Gasteiger partial charge in [-0.15, -0.1) is 0 Å². The molecule has 1 aliphatic carbocycles. The van der Waals surface area contributed by atoms with Gasteiger partial charge in [-0.2, -0.15) is 0 Å². The lowest BCUT2D eigenvalue weighted by molar-refractivity contribution is 0.149. The minimum atomic E-state index is -0.218. The molecule has 4 rings (SSSR count). The van der Waals surface area contributed by atoms with Gasteiger partial charge in [-0.25, -0.2) is 9.18 Å². The maximum atomic E-state index is 13.1. The molecule has 0 aromatic heterocycles. The van der Waals surface area contributed by atoms with E-state index in [9.17, 15) is 9.18 Å². The highest BCUT2D eigenvalue weighted by Gasteiger charge is 2.39. The van der Waals surface area contributed by atoms with Crippen LogP contribution in [0.4, 0.5) is 9.18 Å². The lowest BCUT2D eigenvalue weighted by Crippen LogP contribution is -2.45. The molecule has 0 spiro atoms. The van der Waals surface area contributed by atoms with Crippen LogP contribution in [0.2, 0.25) is 0 Å². The van der Waals surface area contributed by atoms with Crippen LogP contribution in [0, 0.1) is 11.7 Å². The lowest BCUT2D eigenvalue weighted by Gasteiger charge is -2.34. The fraction of sp³-hybridized carbons (Fsp3) is 0.526. The first kappa shape index (κ1) is 16.8. The zero-order chi connectivity index (χ0) is 17.4. The van der Waals surface area contributed by atoms with E-state index in [0.717, 1.165) is 43.2 Å². The first-order valence-electron chi connectivity index (χ1n) is 9.00. The van der Waals surface area contributed by atoms with Gasteiger partial charge in [0.15, 0.2) is 5.50 Å². The Morgan fingerprint density at radius 1 is 1.20 bits per heavy atom. The zero-order valence-corrected chi connectivity index (χ0v) is 15.3. The largest absolute Gasteiger partial charge is 0.341 e. The number of benzene rings is 1. The summed E-state index contributed by atoms with van der Waals surface area (Å²) in [4.78, 5) is 19.0. The van der Waals surface area contributed by atoms with E-state index in [0.29, 0.717) is 6.54 Å². The van der Waals surface area contributed by atoms with Crippen molar-refractivity contribution in [2.75, 3.05) is 19.6 Å². The van der Waals surface area contributed by atoms with Crippen LogP contribution in [0.1, 0.15) is 31.7 Å². The number of carbonyl (C=O) groups excluding carboxylic acids is 1. The van der Waals surface area contributed by atoms with Crippen molar-refractivity contribution in [2.24, 2.45) is 5.92 Å². The molecule has 1 saturated heterocycles. The number of carbonyl (C=O) groups is 1. The summed E-state index contributed by atoms with van der Waals surface area (Å²) in [7, 11) is 0. The number of allylic oxidation sites excluding steroid dienone is 1. The van der Waals surface area contributed by atoms with Gasteiger partial charge >= 0.3 is 6.03 Å². The molecule has 2 aliphatic heterocycles. The summed E-state index contributed by atoms with van der Waals surface area (Å²) in [6, 6.07) is 6.78. The molecule has 0 N–H and O–H groups in total. The quantitative estimate of drug-likeness (QED) is 0.765. The molecule has 1 atom stereocenters. The molecular formula is C19H24FN3OS. The molecule has 1 unspecified atom stereocenters. The number of hydrogen-bond acceptors (Lipinski definition) is 3. The molecule has 1 saturated carbocycles. The maximum absolute atomic E-state index is 13.1. The van der Waals surface area contributed by atoms with E-state index >= 15 is 0 Å². The van der Waals surface area contributed by atoms with Crippen LogP contribution in [-0.2, 0) is 6.54 Å². The SMILES string of the molecule is CC1=CSC(N2CCN(CCC3CC3)C2=O)N1Cc1ccc(F)cc1. The van der Waals surface area contributed by atoms with Crippen molar-refractivity contribution in [1.29, 1.82) is 0 Å². The second-order valence-corrected chi connectivity index (χ2v) is 8.10. The smallest absolute Gasteiger partial charge is 0.322 e. The Balaban J connectivity index is 1.41. The molecule has 25 heavy (non-hydrogen) atoms. The van der Waals surface area contributed by atoms with Crippen molar-refractivity contribution in [3.8, 4) is 0 Å². The Labute approximate surface area is 152 Å². The number of nitrogens with zero attached hydrogens (tertiary/aromatic N) is 3. The van der Waals surface area contributed by atoms with E-state index in [1.807, 2.05) is 21.9 Å². The van der Waals surface area contributed by atoms with Crippen LogP contribution in [0.5, 0.6) is 0 Å². The van der Waals surface area contributed by atoms with Gasteiger partial charge in [0.05, 0.1) is 0 Å². The van der Waals surface area contributed by atoms with Crippen LogP contribution in [-0.4, -0.2) is 45.9 Å². The molecule has 3 aliphatic rings. The van der Waals surface area contributed by atoms with Crippen molar-refractivity contribution < 1.29 is 9.18 Å². The predicted octanol–water partition coefficient (Wildman–Crippen LogP) is 4.06. The molecule has 134 valence electrons. The molecule has 0 radical (unpaired) electrons. The molecule has 2 heterocycles. The third kappa shape index (κ3) is 3.64. The monoisotopic (exact) mass is 361 g/mol. The predicted molar refractivity (Wildman–Crippen MR) is 98.1 cm³/mol. The van der Waals surface area contributed by atoms with Gasteiger partial charge in [0, 0.05) is 31.9 Å². The second-order valence-electron chi connectivity index (χ2n) is 7.17. The van der Waals surface area contributed by atoms with Gasteiger partial charge in [-0.3, -0.25) is 4.90 Å². The summed E-state index contributed by atoms with van der Waals surface area (Å²) >= 11 is 1.69. The Morgan fingerprint density at radius 2 is 1.96 bits per heavy atom. The highest BCUT2D eigenvalue weighted by Crippen LogP contribution is 2.37. The topological polar surface area (TPSA) is 26.8 Å². The molecule has 2 fully saturated rings. The fourth-order valence-electron chi connectivity index (χ4n) is 3.46. The van der Waals surface area contributed by atoms with Crippen LogP contribution in [0.3, 0.4) is 0 Å². The number of urea groups is 1. The van der Waals surface area contributed by atoms with Crippen molar-refractivity contribution in [3.63, 3.8) is 0 Å². The van der Waals surface area contributed by atoms with Crippen molar-refractivity contribution in [2.45, 2.75) is 38.2 Å². The third-order valence-corrected chi connectivity index (χ3v) is 6.47. The molecular weight excluding hydrogens is 337 g/mol. The third-order valence-electron chi connectivity index (χ3n) is 5.24. The van der Waals surface area contributed by atoms with Gasteiger partial charge < -0.3 is 9.80 Å². The van der Waals surface area contributed by atoms with Crippen LogP contribution in [0.25, 0.3) is 0 Å². The summed E-state index contributed by atoms with van der Waals surface area (Å²) < 4.78 is 13.1. The second kappa shape index (κ2) is 6.90. The first-order chi connectivity index (χ1) is 12.1. The zero-order valence-electron chi connectivity index (χ0n) is 14.5. The van der Waals surface area contributed by atoms with E-state index in [-0.39, 0.29) is 17.3 Å². The summed E-state index contributed by atoms with van der Waals surface area (Å²) in [5, 5.41) is 2.12. The van der Waals surface area contributed by atoms with Gasteiger partial charge in [0.1, 0.15) is 5.82 Å². The normalized spacial score (nSPS) is 23.6. The first-order valence-corrected chi connectivity index (χ1v) is 9.95. The molecule has 4 nitrogen and oxygen atoms in total. The van der Waals surface area contributed by atoms with E-state index in [1.54, 1.807) is 11.8 Å². The minimum absolute atomic E-state index is 0.00322. The standard InChI is InChI=1S/C19H24FN3OS/c1-14-13-25-19(23(14)12-16-4-6-17(20)7-5-16)22-11-10-21(18(22)24)9-8-15-2-3-15/h4-7,13,15,19H,2-3,8-12H2,1H3. The van der Waals surface area contributed by atoms with Gasteiger partial charge in [-0.1, -0.05) is 36.7 Å². The van der Waals surface area contributed by atoms with Crippen LogP contribution in [0.15, 0.2) is 35.4 Å². The molecule has 1 aromatic rings. The fourth-order valence-corrected chi connectivity index (χ4v) is 4.65. The molecule has 2 amide bonds. The molecule has 1 aromatic carbocycles. The van der Waals surface area contributed by atoms with Crippen LogP contribution < -0.4 is 0 Å². The lowest BCUT2D eigenvalue weighted by atomic mass is 10.2. The van der Waals surface area contributed by atoms with E-state index in [1.165, 1.54) is 25.0 Å². The maximum Gasteiger partial charge on any atom is 0.322 e. The highest BCUT2D eigenvalue weighted by atomic mass is 32.2. The summed E-state index contributed by atoms with van der Waals surface area (Å²) in [6.45, 7) is 5.25. The van der Waals surface area contributed by atoms with Crippen molar-refractivity contribution in [3.05, 3.63) is 46.8 Å². The van der Waals surface area contributed by atoms with Gasteiger partial charge in [0.2, 0.25) is 0 Å². The number of rotatable bonds is 6. The summed E-state index contributed by atoms with van der Waals surface area (Å²) in [5.41, 5.74) is 2.21. The van der Waals surface area contributed by atoms with Crippen molar-refractivity contribution >= 4 is 17.8 Å². The Kier molecular flexibility index (Phi) is 4.63. The number of amides is 2. The van der Waals surface area contributed by atoms with E-state index in [2.05, 4.69) is 17.2 Å². The Bertz CT molecular complexity index is 674. The number of thioether (sulfide) groups is 1. The van der Waals surface area contributed by atoms with Crippen LogP contribution >= 0.6 is 11.8 Å². The summed E-state index contributed by atoms with van der Waals surface area (Å²) in [5.74, 6) is 0.631. The Morgan fingerprint density at radius 3 is 2.68 bits per heavy atom. The molecule has 6 heteroatoms. The number of halogens is 1. The van der Waals surface area contributed by atoms with E-state index in [4.69, 9.17) is 0 Å². The Hall–Kier alpha value is -1.69. The number of hydrogen-bond donors (Lipinski definition) is 0. The average Bonchev–Trinajstić information content (AvgIpc) is 3.28. The minimum Gasteiger partial charge on any atom is -0.341 e. The summed E-state index contributed by atoms with van der Waals surface area (Å²) in [6.07, 6.45) is 3.81. The van der Waals surface area contributed by atoms with Gasteiger partial charge in [-0.05, 0) is 42.4 Å².